The highest BCUT2D eigenvalue weighted by molar-refractivity contribution is 7.13. The van der Waals surface area contributed by atoms with Crippen LogP contribution in [0.2, 0.25) is 0 Å². The molecular formula is C14H14FN5S. The number of aromatic nitrogens is 4. The molecule has 0 saturated carbocycles. The maximum absolute atomic E-state index is 12.9. The van der Waals surface area contributed by atoms with E-state index in [0.717, 1.165) is 22.1 Å². The van der Waals surface area contributed by atoms with Gasteiger partial charge in [0.1, 0.15) is 17.2 Å². The lowest BCUT2D eigenvalue weighted by Crippen LogP contribution is -2.14. The van der Waals surface area contributed by atoms with Crippen molar-refractivity contribution in [3.8, 4) is 10.6 Å². The molecule has 3 rings (SSSR count). The average Bonchev–Trinajstić information content (AvgIpc) is 3.09. The van der Waals surface area contributed by atoms with Crippen LogP contribution in [-0.4, -0.2) is 19.7 Å². The van der Waals surface area contributed by atoms with Gasteiger partial charge in [-0.2, -0.15) is 5.10 Å². The maximum Gasteiger partial charge on any atom is 0.164 e. The van der Waals surface area contributed by atoms with Crippen LogP contribution in [0.25, 0.3) is 10.6 Å². The Morgan fingerprint density at radius 3 is 2.76 bits per heavy atom. The standard InChI is InChI=1S/C14H14FN5S/c1-20-9-17-13(19-20)7-16-6-12-8-21-14(18-12)10-2-4-11(15)5-3-10/h2-5,8-9,16H,6-7H2,1H3. The second-order valence-corrected chi connectivity index (χ2v) is 5.45. The van der Waals surface area contributed by atoms with Gasteiger partial charge in [0.2, 0.25) is 0 Å². The fourth-order valence-corrected chi connectivity index (χ4v) is 2.71. The molecule has 108 valence electrons. The Hall–Kier alpha value is -2.12. The van der Waals surface area contributed by atoms with Crippen molar-refractivity contribution < 1.29 is 4.39 Å². The Bertz CT molecular complexity index is 719. The van der Waals surface area contributed by atoms with Crippen LogP contribution >= 0.6 is 11.3 Å². The molecule has 0 bridgehead atoms. The van der Waals surface area contributed by atoms with Gasteiger partial charge in [-0.3, -0.25) is 4.68 Å². The van der Waals surface area contributed by atoms with Crippen LogP contribution < -0.4 is 5.32 Å². The molecule has 0 aliphatic heterocycles. The van der Waals surface area contributed by atoms with E-state index in [4.69, 9.17) is 0 Å². The van der Waals surface area contributed by atoms with Gasteiger partial charge in [0.05, 0.1) is 12.2 Å². The van der Waals surface area contributed by atoms with Gasteiger partial charge < -0.3 is 5.32 Å². The highest BCUT2D eigenvalue weighted by Crippen LogP contribution is 2.23. The van der Waals surface area contributed by atoms with E-state index < -0.39 is 0 Å². The van der Waals surface area contributed by atoms with E-state index in [9.17, 15) is 4.39 Å². The van der Waals surface area contributed by atoms with Crippen LogP contribution in [0.3, 0.4) is 0 Å². The molecule has 3 aromatic rings. The summed E-state index contributed by atoms with van der Waals surface area (Å²) in [4.78, 5) is 8.68. The molecule has 0 radical (unpaired) electrons. The molecule has 0 atom stereocenters. The van der Waals surface area contributed by atoms with Crippen LogP contribution in [0.15, 0.2) is 36.0 Å². The summed E-state index contributed by atoms with van der Waals surface area (Å²) in [6.45, 7) is 1.25. The number of nitrogens with one attached hydrogen (secondary N) is 1. The van der Waals surface area contributed by atoms with Crippen molar-refractivity contribution in [1.82, 2.24) is 25.1 Å². The third-order valence-electron chi connectivity index (χ3n) is 2.88. The predicted octanol–water partition coefficient (Wildman–Crippen LogP) is 2.37. The molecule has 0 aliphatic carbocycles. The quantitative estimate of drug-likeness (QED) is 0.786. The zero-order valence-corrected chi connectivity index (χ0v) is 12.3. The summed E-state index contributed by atoms with van der Waals surface area (Å²) in [7, 11) is 1.84. The number of hydrogen-bond donors (Lipinski definition) is 1. The minimum atomic E-state index is -0.236. The SMILES string of the molecule is Cn1cnc(CNCc2csc(-c3ccc(F)cc3)n2)n1. The van der Waals surface area contributed by atoms with Crippen molar-refractivity contribution in [2.75, 3.05) is 0 Å². The third-order valence-corrected chi connectivity index (χ3v) is 3.82. The van der Waals surface area contributed by atoms with Gasteiger partial charge >= 0.3 is 0 Å². The Morgan fingerprint density at radius 1 is 1.24 bits per heavy atom. The summed E-state index contributed by atoms with van der Waals surface area (Å²) in [5.41, 5.74) is 1.88. The number of rotatable bonds is 5. The topological polar surface area (TPSA) is 55.6 Å². The minimum Gasteiger partial charge on any atom is -0.304 e. The highest BCUT2D eigenvalue weighted by atomic mass is 32.1. The summed E-state index contributed by atoms with van der Waals surface area (Å²) < 4.78 is 14.6. The molecule has 1 N–H and O–H groups in total. The summed E-state index contributed by atoms with van der Waals surface area (Å²) >= 11 is 1.55. The second-order valence-electron chi connectivity index (χ2n) is 4.59. The van der Waals surface area contributed by atoms with E-state index in [1.54, 1.807) is 34.5 Å². The molecule has 2 aromatic heterocycles. The van der Waals surface area contributed by atoms with Crippen molar-refractivity contribution in [2.24, 2.45) is 7.05 Å². The van der Waals surface area contributed by atoms with Crippen molar-refractivity contribution in [3.05, 3.63) is 53.3 Å². The molecule has 0 amide bonds. The van der Waals surface area contributed by atoms with E-state index in [1.807, 2.05) is 12.4 Å². The van der Waals surface area contributed by atoms with Crippen LogP contribution in [-0.2, 0) is 20.1 Å². The largest absolute Gasteiger partial charge is 0.304 e. The van der Waals surface area contributed by atoms with Gasteiger partial charge in [-0.15, -0.1) is 11.3 Å². The Morgan fingerprint density at radius 2 is 2.05 bits per heavy atom. The zero-order chi connectivity index (χ0) is 14.7. The molecule has 0 aliphatic rings. The minimum absolute atomic E-state index is 0.236. The smallest absolute Gasteiger partial charge is 0.164 e. The van der Waals surface area contributed by atoms with Gasteiger partial charge in [0.25, 0.3) is 0 Å². The molecule has 5 nitrogen and oxygen atoms in total. The molecule has 0 fully saturated rings. The van der Waals surface area contributed by atoms with Gasteiger partial charge in [-0.1, -0.05) is 0 Å². The molecule has 0 unspecified atom stereocenters. The molecule has 7 heteroatoms. The lowest BCUT2D eigenvalue weighted by Gasteiger charge is -1.99. The number of halogens is 1. The molecule has 2 heterocycles. The fraction of sp³-hybridized carbons (Fsp3) is 0.214. The van der Waals surface area contributed by atoms with Crippen LogP contribution in [0.5, 0.6) is 0 Å². The van der Waals surface area contributed by atoms with E-state index in [1.165, 1.54) is 12.1 Å². The number of benzene rings is 1. The van der Waals surface area contributed by atoms with Crippen LogP contribution in [0.1, 0.15) is 11.5 Å². The van der Waals surface area contributed by atoms with Crippen molar-refractivity contribution in [1.29, 1.82) is 0 Å². The second kappa shape index (κ2) is 6.11. The highest BCUT2D eigenvalue weighted by Gasteiger charge is 2.05. The Labute approximate surface area is 125 Å². The van der Waals surface area contributed by atoms with E-state index in [2.05, 4.69) is 20.4 Å². The van der Waals surface area contributed by atoms with Crippen LogP contribution in [0, 0.1) is 5.82 Å². The maximum atomic E-state index is 12.9. The van der Waals surface area contributed by atoms with Gasteiger partial charge in [-0.05, 0) is 24.3 Å². The summed E-state index contributed by atoms with van der Waals surface area (Å²) in [6, 6.07) is 6.37. The first-order valence-corrected chi connectivity index (χ1v) is 7.34. The number of thiazole rings is 1. The summed E-state index contributed by atoms with van der Waals surface area (Å²) in [6.07, 6.45) is 1.67. The monoisotopic (exact) mass is 303 g/mol. The first kappa shape index (κ1) is 13.8. The number of nitrogens with zero attached hydrogens (tertiary/aromatic N) is 4. The van der Waals surface area contributed by atoms with Crippen molar-refractivity contribution in [2.45, 2.75) is 13.1 Å². The average molecular weight is 303 g/mol. The summed E-state index contributed by atoms with van der Waals surface area (Å²) in [5, 5.41) is 10.3. The van der Waals surface area contributed by atoms with Crippen LogP contribution in [0.4, 0.5) is 4.39 Å². The molecule has 0 spiro atoms. The van der Waals surface area contributed by atoms with E-state index in [-0.39, 0.29) is 5.82 Å². The van der Waals surface area contributed by atoms with Gasteiger partial charge in [-0.25, -0.2) is 14.4 Å². The van der Waals surface area contributed by atoms with E-state index >= 15 is 0 Å². The fourth-order valence-electron chi connectivity index (χ4n) is 1.88. The molecule has 21 heavy (non-hydrogen) atoms. The van der Waals surface area contributed by atoms with E-state index in [0.29, 0.717) is 13.1 Å². The number of aryl methyl sites for hydroxylation is 1. The normalized spacial score (nSPS) is 11.0. The predicted molar refractivity (Wildman–Crippen MR) is 79.1 cm³/mol. The van der Waals surface area contributed by atoms with Crippen molar-refractivity contribution in [3.63, 3.8) is 0 Å². The first-order valence-electron chi connectivity index (χ1n) is 6.46. The molecule has 0 saturated heterocycles. The number of hydrogen-bond acceptors (Lipinski definition) is 5. The van der Waals surface area contributed by atoms with Gasteiger partial charge in [0, 0.05) is 24.5 Å². The Balaban J connectivity index is 1.59. The Kier molecular flexibility index (Phi) is 4.03. The lowest BCUT2D eigenvalue weighted by atomic mass is 10.2. The first-order chi connectivity index (χ1) is 10.2. The van der Waals surface area contributed by atoms with Gasteiger partial charge in [0.15, 0.2) is 5.82 Å². The lowest BCUT2D eigenvalue weighted by molar-refractivity contribution is 0.628. The summed E-state index contributed by atoms with van der Waals surface area (Å²) in [5.74, 6) is 0.520. The zero-order valence-electron chi connectivity index (χ0n) is 11.5. The third kappa shape index (κ3) is 3.50. The van der Waals surface area contributed by atoms with Crippen molar-refractivity contribution >= 4 is 11.3 Å². The molecular weight excluding hydrogens is 289 g/mol. The molecule has 1 aromatic carbocycles.